The van der Waals surface area contributed by atoms with Gasteiger partial charge in [-0.1, -0.05) is 12.1 Å². The number of carbonyl (C=O) groups excluding carboxylic acids is 1. The van der Waals surface area contributed by atoms with Gasteiger partial charge in [0.1, 0.15) is 11.8 Å². The lowest BCUT2D eigenvalue weighted by Crippen LogP contribution is -2.23. The average Bonchev–Trinajstić information content (AvgIpc) is 2.48. The van der Waals surface area contributed by atoms with E-state index in [0.717, 1.165) is 0 Å². The van der Waals surface area contributed by atoms with Crippen molar-refractivity contribution in [2.24, 2.45) is 0 Å². The Labute approximate surface area is 116 Å². The highest BCUT2D eigenvalue weighted by Crippen LogP contribution is 2.22. The molecule has 2 rings (SSSR count). The second-order valence-electron chi connectivity index (χ2n) is 4.17. The van der Waals surface area contributed by atoms with Crippen LogP contribution < -0.4 is 4.74 Å². The van der Waals surface area contributed by atoms with E-state index in [-0.39, 0.29) is 17.5 Å². The van der Waals surface area contributed by atoms with Crippen LogP contribution in [0.4, 0.5) is 0 Å². The number of para-hydroxylation sites is 1. The Hall–Kier alpha value is -2.94. The van der Waals surface area contributed by atoms with E-state index >= 15 is 0 Å². The molecule has 0 fully saturated rings. The largest absolute Gasteiger partial charge is 0.436 e. The van der Waals surface area contributed by atoms with Crippen LogP contribution in [-0.4, -0.2) is 35.1 Å². The van der Waals surface area contributed by atoms with Gasteiger partial charge in [0.05, 0.1) is 5.56 Å². The molecule has 0 atom stereocenters. The van der Waals surface area contributed by atoms with E-state index in [4.69, 9.17) is 10.00 Å². The van der Waals surface area contributed by atoms with Gasteiger partial charge in [0.2, 0.25) is 5.88 Å². The first-order valence-corrected chi connectivity index (χ1v) is 5.84. The Kier molecular flexibility index (Phi) is 3.91. The average molecular weight is 268 g/mol. The van der Waals surface area contributed by atoms with E-state index in [1.54, 1.807) is 38.4 Å². The van der Waals surface area contributed by atoms with Crippen molar-refractivity contribution in [1.82, 2.24) is 15.1 Å². The quantitative estimate of drug-likeness (QED) is 0.848. The summed E-state index contributed by atoms with van der Waals surface area (Å²) in [6, 6.07) is 11.9. The van der Waals surface area contributed by atoms with E-state index in [1.807, 2.05) is 6.07 Å². The first-order valence-electron chi connectivity index (χ1n) is 5.84. The first-order chi connectivity index (χ1) is 9.61. The van der Waals surface area contributed by atoms with E-state index < -0.39 is 0 Å². The zero-order chi connectivity index (χ0) is 14.5. The Balaban J connectivity index is 2.20. The van der Waals surface area contributed by atoms with Crippen molar-refractivity contribution in [2.45, 2.75) is 0 Å². The first kappa shape index (κ1) is 13.5. The molecular weight excluding hydrogens is 256 g/mol. The molecule has 0 aliphatic carbocycles. The maximum absolute atomic E-state index is 11.7. The van der Waals surface area contributed by atoms with Gasteiger partial charge in [-0.15, -0.1) is 10.2 Å². The minimum Gasteiger partial charge on any atom is -0.436 e. The van der Waals surface area contributed by atoms with Crippen LogP contribution in [-0.2, 0) is 0 Å². The van der Waals surface area contributed by atoms with E-state index in [9.17, 15) is 4.79 Å². The Morgan fingerprint density at radius 3 is 2.55 bits per heavy atom. The monoisotopic (exact) mass is 268 g/mol. The SMILES string of the molecule is CN(C)C(=O)c1ccc(Oc2ccccc2C#N)nn1. The maximum atomic E-state index is 11.7. The minimum atomic E-state index is -0.235. The Morgan fingerprint density at radius 2 is 1.95 bits per heavy atom. The molecule has 0 aliphatic rings. The van der Waals surface area contributed by atoms with Crippen molar-refractivity contribution in [2.75, 3.05) is 14.1 Å². The number of nitrogens with zero attached hydrogens (tertiary/aromatic N) is 4. The van der Waals surface area contributed by atoms with Gasteiger partial charge in [0.15, 0.2) is 5.69 Å². The zero-order valence-electron chi connectivity index (χ0n) is 11.1. The van der Waals surface area contributed by atoms with E-state index in [1.165, 1.54) is 17.0 Å². The molecule has 1 heterocycles. The van der Waals surface area contributed by atoms with E-state index in [0.29, 0.717) is 11.3 Å². The van der Waals surface area contributed by atoms with E-state index in [2.05, 4.69) is 10.2 Å². The van der Waals surface area contributed by atoms with Gasteiger partial charge >= 0.3 is 0 Å². The lowest BCUT2D eigenvalue weighted by molar-refractivity contribution is 0.0820. The predicted molar refractivity (Wildman–Crippen MR) is 71.3 cm³/mol. The molecule has 1 amide bonds. The second kappa shape index (κ2) is 5.80. The predicted octanol–water partition coefficient (Wildman–Crippen LogP) is 1.84. The van der Waals surface area contributed by atoms with Crippen molar-refractivity contribution in [1.29, 1.82) is 5.26 Å². The molecule has 6 nitrogen and oxygen atoms in total. The molecule has 1 aromatic carbocycles. The van der Waals surface area contributed by atoms with Gasteiger partial charge in [-0.25, -0.2) is 0 Å². The molecule has 0 bridgehead atoms. The number of rotatable bonds is 3. The highest BCUT2D eigenvalue weighted by molar-refractivity contribution is 5.91. The number of aromatic nitrogens is 2. The topological polar surface area (TPSA) is 79.1 Å². The molecule has 20 heavy (non-hydrogen) atoms. The van der Waals surface area contributed by atoms with Crippen molar-refractivity contribution in [3.05, 3.63) is 47.7 Å². The van der Waals surface area contributed by atoms with Gasteiger partial charge in [0.25, 0.3) is 5.91 Å². The molecule has 6 heteroatoms. The minimum absolute atomic E-state index is 0.225. The normalized spacial score (nSPS) is 9.65. The second-order valence-corrected chi connectivity index (χ2v) is 4.17. The molecule has 0 N–H and O–H groups in total. The molecule has 2 aromatic rings. The van der Waals surface area contributed by atoms with Gasteiger partial charge in [-0.2, -0.15) is 5.26 Å². The molecule has 100 valence electrons. The summed E-state index contributed by atoms with van der Waals surface area (Å²) < 4.78 is 5.47. The number of ether oxygens (including phenoxy) is 1. The van der Waals surface area contributed by atoms with Gasteiger partial charge in [0, 0.05) is 20.2 Å². The third-order valence-electron chi connectivity index (χ3n) is 2.49. The summed E-state index contributed by atoms with van der Waals surface area (Å²) in [7, 11) is 3.27. The van der Waals surface area contributed by atoms with Crippen molar-refractivity contribution in [3.8, 4) is 17.7 Å². The van der Waals surface area contributed by atoms with Gasteiger partial charge < -0.3 is 9.64 Å². The summed E-state index contributed by atoms with van der Waals surface area (Å²) in [5, 5.41) is 16.6. The molecule has 0 saturated heterocycles. The summed E-state index contributed by atoms with van der Waals surface area (Å²) in [5.41, 5.74) is 0.638. The van der Waals surface area contributed by atoms with Crippen molar-refractivity contribution in [3.63, 3.8) is 0 Å². The Morgan fingerprint density at radius 1 is 1.20 bits per heavy atom. The lowest BCUT2D eigenvalue weighted by atomic mass is 10.2. The van der Waals surface area contributed by atoms with Crippen LogP contribution >= 0.6 is 0 Å². The maximum Gasteiger partial charge on any atom is 0.273 e. The van der Waals surface area contributed by atoms with Crippen LogP contribution in [0.1, 0.15) is 16.1 Å². The molecule has 0 radical (unpaired) electrons. The number of benzene rings is 1. The standard InChI is InChI=1S/C14H12N4O2/c1-18(2)14(19)11-7-8-13(17-16-11)20-12-6-4-3-5-10(12)9-15/h3-8H,1-2H3. The van der Waals surface area contributed by atoms with Crippen LogP contribution in [0.25, 0.3) is 0 Å². The third-order valence-corrected chi connectivity index (χ3v) is 2.49. The summed E-state index contributed by atoms with van der Waals surface area (Å²) in [4.78, 5) is 13.1. The zero-order valence-corrected chi connectivity index (χ0v) is 11.1. The fraction of sp³-hybridized carbons (Fsp3) is 0.143. The number of amides is 1. The molecule has 1 aromatic heterocycles. The summed E-state index contributed by atoms with van der Waals surface area (Å²) in [5.74, 6) is 0.389. The summed E-state index contributed by atoms with van der Waals surface area (Å²) in [6.07, 6.45) is 0. The van der Waals surface area contributed by atoms with Crippen LogP contribution in [0.5, 0.6) is 11.6 Å². The summed E-state index contributed by atoms with van der Waals surface area (Å²) in [6.45, 7) is 0. The van der Waals surface area contributed by atoms with Crippen molar-refractivity contribution < 1.29 is 9.53 Å². The number of carbonyl (C=O) groups is 1. The Bertz CT molecular complexity index is 660. The number of hydrogen-bond donors (Lipinski definition) is 0. The summed E-state index contributed by atoms with van der Waals surface area (Å²) >= 11 is 0. The number of nitriles is 1. The molecule has 0 unspecified atom stereocenters. The van der Waals surface area contributed by atoms with Gasteiger partial charge in [-0.3, -0.25) is 4.79 Å². The van der Waals surface area contributed by atoms with Crippen LogP contribution in [0.15, 0.2) is 36.4 Å². The third kappa shape index (κ3) is 2.90. The van der Waals surface area contributed by atoms with Gasteiger partial charge in [-0.05, 0) is 18.2 Å². The fourth-order valence-corrected chi connectivity index (χ4v) is 1.48. The smallest absolute Gasteiger partial charge is 0.273 e. The fourth-order valence-electron chi connectivity index (χ4n) is 1.48. The molecule has 0 spiro atoms. The molecule has 0 aliphatic heterocycles. The van der Waals surface area contributed by atoms with Crippen LogP contribution in [0, 0.1) is 11.3 Å². The number of hydrogen-bond acceptors (Lipinski definition) is 5. The highest BCUT2D eigenvalue weighted by Gasteiger charge is 2.11. The highest BCUT2D eigenvalue weighted by atomic mass is 16.5. The van der Waals surface area contributed by atoms with Crippen LogP contribution in [0.3, 0.4) is 0 Å². The van der Waals surface area contributed by atoms with Crippen molar-refractivity contribution >= 4 is 5.91 Å². The molecular formula is C14H12N4O2. The van der Waals surface area contributed by atoms with Crippen LogP contribution in [0.2, 0.25) is 0 Å². The lowest BCUT2D eigenvalue weighted by Gasteiger charge is -2.09. The molecule has 0 saturated carbocycles.